The molecule has 0 radical (unpaired) electrons. The van der Waals surface area contributed by atoms with Crippen molar-refractivity contribution in [2.45, 2.75) is 33.2 Å². The van der Waals surface area contributed by atoms with Crippen molar-refractivity contribution in [1.82, 2.24) is 5.32 Å². The highest BCUT2D eigenvalue weighted by Gasteiger charge is 2.12. The number of para-hydroxylation sites is 1. The highest BCUT2D eigenvalue weighted by molar-refractivity contribution is 5.91. The summed E-state index contributed by atoms with van der Waals surface area (Å²) in [7, 11) is 1.60. The van der Waals surface area contributed by atoms with Gasteiger partial charge in [-0.1, -0.05) is 43.2 Å². The predicted molar refractivity (Wildman–Crippen MR) is 105 cm³/mol. The van der Waals surface area contributed by atoms with Crippen LogP contribution >= 0.6 is 0 Å². The molecule has 2 N–H and O–H groups in total. The van der Waals surface area contributed by atoms with Crippen molar-refractivity contribution in [1.29, 1.82) is 0 Å². The summed E-state index contributed by atoms with van der Waals surface area (Å²) in [5.41, 5.74) is 2.88. The number of aryl methyl sites for hydroxylation is 1. The average molecular weight is 356 g/mol. The third-order valence-corrected chi connectivity index (χ3v) is 3.99. The molecule has 2 aromatic rings. The maximum Gasteiger partial charge on any atom is 0.262 e. The Kier molecular flexibility index (Phi) is 7.96. The van der Waals surface area contributed by atoms with Gasteiger partial charge in [0.2, 0.25) is 0 Å². The molecule has 0 heterocycles. The van der Waals surface area contributed by atoms with Gasteiger partial charge in [0.25, 0.3) is 5.91 Å². The normalized spacial score (nSPS) is 10.4. The molecular weight excluding hydrogens is 328 g/mol. The summed E-state index contributed by atoms with van der Waals surface area (Å²) in [4.78, 5) is 12.2. The number of hydrogen-bond acceptors (Lipinski definition) is 4. The van der Waals surface area contributed by atoms with Crippen LogP contribution < -0.4 is 20.1 Å². The summed E-state index contributed by atoms with van der Waals surface area (Å²) >= 11 is 0. The summed E-state index contributed by atoms with van der Waals surface area (Å²) < 4.78 is 11.2. The molecule has 2 rings (SSSR count). The van der Waals surface area contributed by atoms with E-state index in [1.807, 2.05) is 49.4 Å². The topological polar surface area (TPSA) is 59.6 Å². The average Bonchev–Trinajstić information content (AvgIpc) is 2.65. The van der Waals surface area contributed by atoms with Crippen LogP contribution in [0.4, 0.5) is 5.69 Å². The van der Waals surface area contributed by atoms with Crippen LogP contribution in [-0.4, -0.2) is 26.2 Å². The minimum atomic E-state index is -0.204. The van der Waals surface area contributed by atoms with E-state index in [0.717, 1.165) is 36.2 Å². The van der Waals surface area contributed by atoms with Crippen molar-refractivity contribution < 1.29 is 14.3 Å². The smallest absolute Gasteiger partial charge is 0.262 e. The molecule has 0 aromatic heterocycles. The first-order valence-corrected chi connectivity index (χ1v) is 9.00. The van der Waals surface area contributed by atoms with Gasteiger partial charge in [0.15, 0.2) is 18.1 Å². The first-order chi connectivity index (χ1) is 12.6. The summed E-state index contributed by atoms with van der Waals surface area (Å²) in [5.74, 6) is 1.03. The van der Waals surface area contributed by atoms with Crippen LogP contribution in [0.25, 0.3) is 0 Å². The number of carbonyl (C=O) groups is 1. The van der Waals surface area contributed by atoms with Gasteiger partial charge >= 0.3 is 0 Å². The highest BCUT2D eigenvalue weighted by atomic mass is 16.5. The maximum atomic E-state index is 12.2. The van der Waals surface area contributed by atoms with Crippen molar-refractivity contribution in [2.24, 2.45) is 0 Å². The quantitative estimate of drug-likeness (QED) is 0.634. The Balaban J connectivity index is 1.97. The fourth-order valence-corrected chi connectivity index (χ4v) is 2.52. The van der Waals surface area contributed by atoms with Crippen LogP contribution in [-0.2, 0) is 11.3 Å². The molecule has 0 fully saturated rings. The number of carbonyl (C=O) groups excluding carboxylic acids is 1. The van der Waals surface area contributed by atoms with Gasteiger partial charge in [-0.05, 0) is 38.1 Å². The molecule has 2 aromatic carbocycles. The van der Waals surface area contributed by atoms with E-state index in [-0.39, 0.29) is 12.5 Å². The third kappa shape index (κ3) is 6.08. The van der Waals surface area contributed by atoms with E-state index in [4.69, 9.17) is 9.47 Å². The van der Waals surface area contributed by atoms with Crippen LogP contribution in [0, 0.1) is 6.92 Å². The van der Waals surface area contributed by atoms with Crippen molar-refractivity contribution in [3.05, 3.63) is 53.6 Å². The number of amides is 1. The van der Waals surface area contributed by atoms with Crippen LogP contribution in [0.1, 0.15) is 30.9 Å². The molecule has 5 heteroatoms. The number of hydrogen-bond donors (Lipinski definition) is 2. The van der Waals surface area contributed by atoms with Crippen LogP contribution in [0.5, 0.6) is 11.5 Å². The molecule has 26 heavy (non-hydrogen) atoms. The van der Waals surface area contributed by atoms with E-state index in [1.165, 1.54) is 0 Å². The molecule has 0 spiro atoms. The van der Waals surface area contributed by atoms with Crippen LogP contribution in [0.15, 0.2) is 42.5 Å². The lowest BCUT2D eigenvalue weighted by atomic mass is 10.1. The van der Waals surface area contributed by atoms with Gasteiger partial charge in [-0.15, -0.1) is 0 Å². The SMILES string of the molecule is CCCCNCc1cccc(OC)c1OCC(=O)Nc1ccc(C)cc1. The van der Waals surface area contributed by atoms with Gasteiger partial charge in [0.1, 0.15) is 0 Å². The van der Waals surface area contributed by atoms with E-state index in [9.17, 15) is 4.79 Å². The van der Waals surface area contributed by atoms with Crippen LogP contribution in [0.2, 0.25) is 0 Å². The maximum absolute atomic E-state index is 12.2. The zero-order chi connectivity index (χ0) is 18.8. The summed E-state index contributed by atoms with van der Waals surface area (Å²) in [6.45, 7) is 5.71. The van der Waals surface area contributed by atoms with Crippen molar-refractivity contribution in [3.63, 3.8) is 0 Å². The molecule has 0 aliphatic rings. The largest absolute Gasteiger partial charge is 0.493 e. The number of benzene rings is 2. The van der Waals surface area contributed by atoms with Gasteiger partial charge in [-0.25, -0.2) is 0 Å². The lowest BCUT2D eigenvalue weighted by molar-refractivity contribution is -0.118. The monoisotopic (exact) mass is 356 g/mol. The Bertz CT molecular complexity index is 699. The zero-order valence-electron chi connectivity index (χ0n) is 15.8. The number of unbranched alkanes of at least 4 members (excludes halogenated alkanes) is 1. The number of nitrogens with one attached hydrogen (secondary N) is 2. The molecule has 0 aliphatic carbocycles. The molecule has 0 bridgehead atoms. The summed E-state index contributed by atoms with van der Waals surface area (Å²) in [5, 5.41) is 6.23. The molecule has 140 valence electrons. The van der Waals surface area contributed by atoms with E-state index >= 15 is 0 Å². The molecule has 0 unspecified atom stereocenters. The Labute approximate surface area is 155 Å². The number of anilines is 1. The first kappa shape index (κ1) is 19.8. The fourth-order valence-electron chi connectivity index (χ4n) is 2.52. The first-order valence-electron chi connectivity index (χ1n) is 9.00. The second-order valence-corrected chi connectivity index (χ2v) is 6.18. The summed E-state index contributed by atoms with van der Waals surface area (Å²) in [6.07, 6.45) is 2.27. The van der Waals surface area contributed by atoms with Crippen molar-refractivity contribution in [3.8, 4) is 11.5 Å². The molecule has 1 amide bonds. The van der Waals surface area contributed by atoms with Gasteiger partial charge in [-0.2, -0.15) is 0 Å². The lowest BCUT2D eigenvalue weighted by Crippen LogP contribution is -2.21. The second-order valence-electron chi connectivity index (χ2n) is 6.18. The second kappa shape index (κ2) is 10.5. The van der Waals surface area contributed by atoms with E-state index in [2.05, 4.69) is 17.6 Å². The Hall–Kier alpha value is -2.53. The Morgan fingerprint density at radius 2 is 1.88 bits per heavy atom. The van der Waals surface area contributed by atoms with Gasteiger partial charge in [0, 0.05) is 17.8 Å². The minimum absolute atomic E-state index is 0.0732. The number of ether oxygens (including phenoxy) is 2. The van der Waals surface area contributed by atoms with E-state index in [0.29, 0.717) is 18.0 Å². The molecule has 0 saturated carbocycles. The minimum Gasteiger partial charge on any atom is -0.493 e. The zero-order valence-corrected chi connectivity index (χ0v) is 15.8. The fraction of sp³-hybridized carbons (Fsp3) is 0.381. The Morgan fingerprint density at radius 3 is 2.58 bits per heavy atom. The Morgan fingerprint density at radius 1 is 1.12 bits per heavy atom. The van der Waals surface area contributed by atoms with Crippen molar-refractivity contribution >= 4 is 11.6 Å². The standard InChI is InChI=1S/C21H28N2O3/c1-4-5-13-22-14-17-7-6-8-19(25-3)21(17)26-15-20(24)23-18-11-9-16(2)10-12-18/h6-12,22H,4-5,13-15H2,1-3H3,(H,23,24). The molecule has 0 atom stereocenters. The van der Waals surface area contributed by atoms with Gasteiger partial charge < -0.3 is 20.1 Å². The van der Waals surface area contributed by atoms with Gasteiger partial charge in [-0.3, -0.25) is 4.79 Å². The predicted octanol–water partition coefficient (Wildman–Crippen LogP) is 3.91. The highest BCUT2D eigenvalue weighted by Crippen LogP contribution is 2.31. The van der Waals surface area contributed by atoms with Crippen molar-refractivity contribution in [2.75, 3.05) is 25.6 Å². The summed E-state index contributed by atoms with van der Waals surface area (Å²) in [6, 6.07) is 13.4. The number of rotatable bonds is 10. The molecule has 5 nitrogen and oxygen atoms in total. The molecular formula is C21H28N2O3. The lowest BCUT2D eigenvalue weighted by Gasteiger charge is -2.15. The number of methoxy groups -OCH3 is 1. The van der Waals surface area contributed by atoms with Crippen LogP contribution in [0.3, 0.4) is 0 Å². The van der Waals surface area contributed by atoms with Gasteiger partial charge in [0.05, 0.1) is 7.11 Å². The van der Waals surface area contributed by atoms with E-state index < -0.39 is 0 Å². The third-order valence-electron chi connectivity index (χ3n) is 3.99. The molecule has 0 saturated heterocycles. The molecule has 0 aliphatic heterocycles. The van der Waals surface area contributed by atoms with E-state index in [1.54, 1.807) is 7.11 Å².